The Balaban J connectivity index is 2.08. The lowest BCUT2D eigenvalue weighted by Gasteiger charge is -2.05. The SMILES string of the molecule is O=C1C=C(Nc2ccc([N+](=O)[O-])cc2)CN1. The molecule has 0 saturated carbocycles. The molecule has 6 nitrogen and oxygen atoms in total. The molecule has 2 N–H and O–H groups in total. The van der Waals surface area contributed by atoms with E-state index in [-0.39, 0.29) is 11.6 Å². The van der Waals surface area contributed by atoms with Crippen LogP contribution in [0.15, 0.2) is 36.0 Å². The van der Waals surface area contributed by atoms with Gasteiger partial charge in [0.25, 0.3) is 5.69 Å². The fourth-order valence-electron chi connectivity index (χ4n) is 1.37. The largest absolute Gasteiger partial charge is 0.357 e. The van der Waals surface area contributed by atoms with Crippen LogP contribution in [0.1, 0.15) is 0 Å². The number of non-ortho nitro benzene ring substituents is 1. The molecule has 1 aromatic carbocycles. The fourth-order valence-corrected chi connectivity index (χ4v) is 1.37. The summed E-state index contributed by atoms with van der Waals surface area (Å²) < 4.78 is 0. The second-order valence-electron chi connectivity index (χ2n) is 3.32. The number of hydrogen-bond donors (Lipinski definition) is 2. The number of nitrogens with zero attached hydrogens (tertiary/aromatic N) is 1. The highest BCUT2D eigenvalue weighted by Gasteiger charge is 2.11. The summed E-state index contributed by atoms with van der Waals surface area (Å²) in [5.41, 5.74) is 1.51. The number of hydrogen-bond acceptors (Lipinski definition) is 4. The first-order valence-corrected chi connectivity index (χ1v) is 4.65. The van der Waals surface area contributed by atoms with Crippen LogP contribution in [0.25, 0.3) is 0 Å². The first-order valence-electron chi connectivity index (χ1n) is 4.65. The van der Waals surface area contributed by atoms with Crippen molar-refractivity contribution in [1.82, 2.24) is 5.32 Å². The Bertz CT molecular complexity index is 465. The molecule has 0 saturated heterocycles. The van der Waals surface area contributed by atoms with Gasteiger partial charge in [-0.05, 0) is 12.1 Å². The molecule has 1 aromatic rings. The van der Waals surface area contributed by atoms with Crippen molar-refractivity contribution in [1.29, 1.82) is 0 Å². The number of benzene rings is 1. The van der Waals surface area contributed by atoms with Gasteiger partial charge in [0.05, 0.1) is 11.5 Å². The minimum absolute atomic E-state index is 0.0418. The van der Waals surface area contributed by atoms with E-state index in [1.54, 1.807) is 12.1 Å². The number of carbonyl (C=O) groups is 1. The van der Waals surface area contributed by atoms with E-state index in [0.717, 1.165) is 5.70 Å². The maximum absolute atomic E-state index is 10.9. The van der Waals surface area contributed by atoms with Gasteiger partial charge in [-0.25, -0.2) is 0 Å². The van der Waals surface area contributed by atoms with E-state index in [0.29, 0.717) is 12.2 Å². The van der Waals surface area contributed by atoms with Crippen molar-refractivity contribution in [3.63, 3.8) is 0 Å². The molecule has 0 bridgehead atoms. The van der Waals surface area contributed by atoms with E-state index < -0.39 is 4.92 Å². The van der Waals surface area contributed by atoms with Crippen LogP contribution in [-0.4, -0.2) is 17.4 Å². The van der Waals surface area contributed by atoms with E-state index in [1.807, 2.05) is 0 Å². The number of rotatable bonds is 3. The lowest BCUT2D eigenvalue weighted by atomic mass is 10.2. The van der Waals surface area contributed by atoms with Gasteiger partial charge in [0, 0.05) is 29.6 Å². The van der Waals surface area contributed by atoms with Crippen molar-refractivity contribution in [2.75, 3.05) is 11.9 Å². The summed E-state index contributed by atoms with van der Waals surface area (Å²) in [5, 5.41) is 16.0. The summed E-state index contributed by atoms with van der Waals surface area (Å²) in [6.07, 6.45) is 1.46. The summed E-state index contributed by atoms with van der Waals surface area (Å²) in [6, 6.07) is 6.02. The van der Waals surface area contributed by atoms with Crippen LogP contribution in [0, 0.1) is 10.1 Å². The number of anilines is 1. The van der Waals surface area contributed by atoms with Crippen molar-refractivity contribution in [2.45, 2.75) is 0 Å². The van der Waals surface area contributed by atoms with Crippen molar-refractivity contribution in [3.05, 3.63) is 46.2 Å². The van der Waals surface area contributed by atoms with E-state index in [1.165, 1.54) is 18.2 Å². The Labute approximate surface area is 91.1 Å². The summed E-state index contributed by atoms with van der Waals surface area (Å²) in [4.78, 5) is 20.8. The van der Waals surface area contributed by atoms with E-state index in [4.69, 9.17) is 0 Å². The number of carbonyl (C=O) groups excluding carboxylic acids is 1. The van der Waals surface area contributed by atoms with Gasteiger partial charge < -0.3 is 10.6 Å². The van der Waals surface area contributed by atoms with Crippen molar-refractivity contribution in [3.8, 4) is 0 Å². The Kier molecular flexibility index (Phi) is 2.55. The molecule has 0 atom stereocenters. The van der Waals surface area contributed by atoms with Crippen LogP contribution in [0.2, 0.25) is 0 Å². The Morgan fingerprint density at radius 3 is 2.50 bits per heavy atom. The maximum atomic E-state index is 10.9. The standard InChI is InChI=1S/C10H9N3O3/c14-10-5-8(6-11-10)12-7-1-3-9(4-2-7)13(15)16/h1-5,12H,6H2,(H,11,14). The fraction of sp³-hybridized carbons (Fsp3) is 0.100. The lowest BCUT2D eigenvalue weighted by molar-refractivity contribution is -0.384. The topological polar surface area (TPSA) is 84.3 Å². The molecule has 0 aromatic heterocycles. The van der Waals surface area contributed by atoms with Crippen molar-refractivity contribution in [2.24, 2.45) is 0 Å². The average Bonchev–Trinajstić information content (AvgIpc) is 2.65. The van der Waals surface area contributed by atoms with Crippen LogP contribution in [-0.2, 0) is 4.79 Å². The number of amides is 1. The van der Waals surface area contributed by atoms with Gasteiger partial charge in [-0.2, -0.15) is 0 Å². The Morgan fingerprint density at radius 2 is 2.00 bits per heavy atom. The molecule has 6 heteroatoms. The van der Waals surface area contributed by atoms with Crippen molar-refractivity contribution >= 4 is 17.3 Å². The van der Waals surface area contributed by atoms with E-state index in [9.17, 15) is 14.9 Å². The monoisotopic (exact) mass is 219 g/mol. The molecule has 0 spiro atoms. The van der Waals surface area contributed by atoms with Crippen molar-refractivity contribution < 1.29 is 9.72 Å². The zero-order valence-corrected chi connectivity index (χ0v) is 8.27. The highest BCUT2D eigenvalue weighted by molar-refractivity contribution is 5.91. The molecule has 1 aliphatic heterocycles. The minimum atomic E-state index is -0.455. The predicted octanol–water partition coefficient (Wildman–Crippen LogP) is 1.02. The smallest absolute Gasteiger partial charge is 0.269 e. The Hall–Kier alpha value is -2.37. The highest BCUT2D eigenvalue weighted by Crippen LogP contribution is 2.17. The summed E-state index contributed by atoms with van der Waals surface area (Å²) in [6.45, 7) is 0.454. The molecule has 0 fully saturated rings. The number of nitro benzene ring substituents is 1. The van der Waals surface area contributed by atoms with E-state index >= 15 is 0 Å². The molecule has 0 radical (unpaired) electrons. The van der Waals surface area contributed by atoms with Crippen LogP contribution >= 0.6 is 0 Å². The maximum Gasteiger partial charge on any atom is 0.269 e. The normalized spacial score (nSPS) is 14.2. The molecule has 0 aliphatic carbocycles. The van der Waals surface area contributed by atoms with Crippen LogP contribution in [0.5, 0.6) is 0 Å². The first kappa shape index (κ1) is 10.2. The quantitative estimate of drug-likeness (QED) is 0.587. The third kappa shape index (κ3) is 2.17. The molecule has 2 rings (SSSR count). The Morgan fingerprint density at radius 1 is 1.31 bits per heavy atom. The van der Waals surface area contributed by atoms with Gasteiger partial charge in [-0.1, -0.05) is 0 Å². The summed E-state index contributed by atoms with van der Waals surface area (Å²) in [5.74, 6) is -0.135. The van der Waals surface area contributed by atoms with Gasteiger partial charge in [0.1, 0.15) is 0 Å². The van der Waals surface area contributed by atoms with Gasteiger partial charge in [0.15, 0.2) is 0 Å². The van der Waals surface area contributed by atoms with Crippen LogP contribution in [0.3, 0.4) is 0 Å². The molecule has 0 unspecified atom stereocenters. The molecular weight excluding hydrogens is 210 g/mol. The number of nitro groups is 1. The van der Waals surface area contributed by atoms with Crippen LogP contribution < -0.4 is 10.6 Å². The molecule has 16 heavy (non-hydrogen) atoms. The summed E-state index contributed by atoms with van der Waals surface area (Å²) in [7, 11) is 0. The van der Waals surface area contributed by atoms with Gasteiger partial charge in [-0.3, -0.25) is 14.9 Å². The van der Waals surface area contributed by atoms with Gasteiger partial charge in [-0.15, -0.1) is 0 Å². The second-order valence-corrected chi connectivity index (χ2v) is 3.32. The minimum Gasteiger partial charge on any atom is -0.357 e. The van der Waals surface area contributed by atoms with Gasteiger partial charge in [0.2, 0.25) is 5.91 Å². The van der Waals surface area contributed by atoms with E-state index in [2.05, 4.69) is 10.6 Å². The zero-order valence-electron chi connectivity index (χ0n) is 8.27. The third-order valence-electron chi connectivity index (χ3n) is 2.14. The lowest BCUT2D eigenvalue weighted by Crippen LogP contribution is -2.16. The zero-order chi connectivity index (χ0) is 11.5. The highest BCUT2D eigenvalue weighted by atomic mass is 16.6. The van der Waals surface area contributed by atoms with Gasteiger partial charge >= 0.3 is 0 Å². The third-order valence-corrected chi connectivity index (χ3v) is 2.14. The molecule has 82 valence electrons. The predicted molar refractivity (Wildman–Crippen MR) is 57.8 cm³/mol. The molecule has 1 amide bonds. The van der Waals surface area contributed by atoms with Crippen LogP contribution in [0.4, 0.5) is 11.4 Å². The second kappa shape index (κ2) is 4.01. The molecular formula is C10H9N3O3. The number of nitrogens with one attached hydrogen (secondary N) is 2. The average molecular weight is 219 g/mol. The first-order chi connectivity index (χ1) is 7.65. The molecule has 1 heterocycles. The molecule has 1 aliphatic rings. The summed E-state index contributed by atoms with van der Waals surface area (Å²) >= 11 is 0.